The average Bonchev–Trinajstić information content (AvgIpc) is 2.29. The second-order valence-electron chi connectivity index (χ2n) is 3.48. The molecule has 15 heavy (non-hydrogen) atoms. The van der Waals surface area contributed by atoms with Crippen LogP contribution in [-0.2, 0) is 0 Å². The Bertz CT molecular complexity index is 466. The van der Waals surface area contributed by atoms with Crippen LogP contribution in [0.2, 0.25) is 0 Å². The molecule has 0 N–H and O–H groups in total. The van der Waals surface area contributed by atoms with Gasteiger partial charge in [0.15, 0.2) is 0 Å². The fourth-order valence-corrected chi connectivity index (χ4v) is 1.51. The third-order valence-electron chi connectivity index (χ3n) is 2.30. The van der Waals surface area contributed by atoms with Crippen molar-refractivity contribution in [2.24, 2.45) is 0 Å². The molecule has 0 fully saturated rings. The van der Waals surface area contributed by atoms with Crippen LogP contribution in [0, 0.1) is 6.92 Å². The Morgan fingerprint density at radius 2 is 1.93 bits per heavy atom. The molecule has 0 aliphatic heterocycles. The van der Waals surface area contributed by atoms with Crippen LogP contribution in [0.4, 0.5) is 0 Å². The molecule has 0 radical (unpaired) electrons. The summed E-state index contributed by atoms with van der Waals surface area (Å²) < 4.78 is 5.14. The minimum atomic E-state index is 0.786. The van der Waals surface area contributed by atoms with Gasteiger partial charge in [0, 0.05) is 11.8 Å². The molecule has 1 aromatic heterocycles. The predicted octanol–water partition coefficient (Wildman–Crippen LogP) is 3.07. The van der Waals surface area contributed by atoms with Crippen LogP contribution < -0.4 is 4.74 Å². The van der Waals surface area contributed by atoms with Crippen molar-refractivity contribution in [1.82, 2.24) is 4.98 Å². The zero-order chi connectivity index (χ0) is 10.7. The molecule has 2 aromatic rings. The first-order valence-corrected chi connectivity index (χ1v) is 4.85. The highest BCUT2D eigenvalue weighted by Gasteiger charge is 1.99. The van der Waals surface area contributed by atoms with Gasteiger partial charge in [-0.15, -0.1) is 0 Å². The molecule has 2 rings (SSSR count). The number of methoxy groups -OCH3 is 1. The highest BCUT2D eigenvalue weighted by molar-refractivity contribution is 5.64. The first-order chi connectivity index (χ1) is 7.29. The Morgan fingerprint density at radius 1 is 1.07 bits per heavy atom. The Kier molecular flexibility index (Phi) is 2.68. The van der Waals surface area contributed by atoms with Gasteiger partial charge in [-0.2, -0.15) is 0 Å². The van der Waals surface area contributed by atoms with Crippen LogP contribution in [0.5, 0.6) is 5.75 Å². The summed E-state index contributed by atoms with van der Waals surface area (Å²) in [5.74, 6) is 0.786. The van der Waals surface area contributed by atoms with Gasteiger partial charge >= 0.3 is 0 Å². The third kappa shape index (κ3) is 2.15. The zero-order valence-corrected chi connectivity index (χ0v) is 8.90. The van der Waals surface area contributed by atoms with Gasteiger partial charge < -0.3 is 4.74 Å². The van der Waals surface area contributed by atoms with E-state index in [1.165, 1.54) is 11.1 Å². The van der Waals surface area contributed by atoms with E-state index in [9.17, 15) is 0 Å². The second-order valence-corrected chi connectivity index (χ2v) is 3.48. The molecule has 0 bridgehead atoms. The number of benzene rings is 1. The molecule has 2 nitrogen and oxygen atoms in total. The number of ether oxygens (including phenoxy) is 1. The van der Waals surface area contributed by atoms with Crippen molar-refractivity contribution in [3.63, 3.8) is 0 Å². The zero-order valence-electron chi connectivity index (χ0n) is 8.90. The van der Waals surface area contributed by atoms with E-state index in [1.54, 1.807) is 13.3 Å². The lowest BCUT2D eigenvalue weighted by atomic mass is 10.1. The third-order valence-corrected chi connectivity index (χ3v) is 2.30. The van der Waals surface area contributed by atoms with Gasteiger partial charge in [-0.3, -0.25) is 4.98 Å². The fourth-order valence-electron chi connectivity index (χ4n) is 1.51. The molecule has 76 valence electrons. The summed E-state index contributed by atoms with van der Waals surface area (Å²) in [5.41, 5.74) is 3.50. The lowest BCUT2D eigenvalue weighted by molar-refractivity contribution is 0.413. The van der Waals surface area contributed by atoms with E-state index in [0.29, 0.717) is 0 Å². The Hall–Kier alpha value is -1.83. The van der Waals surface area contributed by atoms with E-state index < -0.39 is 0 Å². The molecular formula is C13H13NO. The van der Waals surface area contributed by atoms with Crippen LogP contribution >= 0.6 is 0 Å². The average molecular weight is 199 g/mol. The van der Waals surface area contributed by atoms with Gasteiger partial charge in [0.25, 0.3) is 0 Å². The number of hydrogen-bond acceptors (Lipinski definition) is 2. The van der Waals surface area contributed by atoms with Gasteiger partial charge in [0.1, 0.15) is 5.75 Å². The van der Waals surface area contributed by atoms with Crippen molar-refractivity contribution in [2.75, 3.05) is 7.11 Å². The van der Waals surface area contributed by atoms with Crippen LogP contribution in [0.1, 0.15) is 5.56 Å². The maximum absolute atomic E-state index is 5.14. The summed E-state index contributed by atoms with van der Waals surface area (Å²) >= 11 is 0. The van der Waals surface area contributed by atoms with E-state index in [1.807, 2.05) is 18.3 Å². The van der Waals surface area contributed by atoms with Gasteiger partial charge in [0.05, 0.1) is 13.3 Å². The SMILES string of the molecule is COc1cncc(-c2cccc(C)c2)c1. The topological polar surface area (TPSA) is 22.1 Å². The molecule has 0 aliphatic rings. The lowest BCUT2D eigenvalue weighted by Gasteiger charge is -2.04. The van der Waals surface area contributed by atoms with Crippen molar-refractivity contribution in [2.45, 2.75) is 6.92 Å². The molecule has 0 aliphatic carbocycles. The molecule has 2 heteroatoms. The molecular weight excluding hydrogens is 186 g/mol. The van der Waals surface area contributed by atoms with E-state index in [4.69, 9.17) is 4.74 Å². The highest BCUT2D eigenvalue weighted by atomic mass is 16.5. The van der Waals surface area contributed by atoms with Crippen molar-refractivity contribution in [1.29, 1.82) is 0 Å². The normalized spacial score (nSPS) is 10.0. The van der Waals surface area contributed by atoms with Crippen LogP contribution in [0.15, 0.2) is 42.7 Å². The molecule has 0 atom stereocenters. The first-order valence-electron chi connectivity index (χ1n) is 4.85. The fraction of sp³-hybridized carbons (Fsp3) is 0.154. The molecule has 1 aromatic carbocycles. The van der Waals surface area contributed by atoms with Crippen LogP contribution in [-0.4, -0.2) is 12.1 Å². The van der Waals surface area contributed by atoms with E-state index in [2.05, 4.69) is 30.1 Å². The van der Waals surface area contributed by atoms with Crippen LogP contribution in [0.25, 0.3) is 11.1 Å². The van der Waals surface area contributed by atoms with Crippen molar-refractivity contribution in [3.05, 3.63) is 48.3 Å². The van der Waals surface area contributed by atoms with E-state index in [-0.39, 0.29) is 0 Å². The molecule has 0 amide bonds. The number of rotatable bonds is 2. The standard InChI is InChI=1S/C13H13NO/c1-10-4-3-5-11(6-10)12-7-13(15-2)9-14-8-12/h3-9H,1-2H3. The summed E-state index contributed by atoms with van der Waals surface area (Å²) in [6.45, 7) is 2.08. The molecule has 0 saturated carbocycles. The van der Waals surface area contributed by atoms with Crippen molar-refractivity contribution in [3.8, 4) is 16.9 Å². The summed E-state index contributed by atoms with van der Waals surface area (Å²) in [6.07, 6.45) is 3.55. The summed E-state index contributed by atoms with van der Waals surface area (Å²) in [5, 5.41) is 0. The van der Waals surface area contributed by atoms with Gasteiger partial charge in [-0.25, -0.2) is 0 Å². The number of pyridine rings is 1. The van der Waals surface area contributed by atoms with Crippen molar-refractivity contribution < 1.29 is 4.74 Å². The minimum absolute atomic E-state index is 0.786. The molecule has 0 saturated heterocycles. The number of hydrogen-bond donors (Lipinski definition) is 0. The maximum atomic E-state index is 5.14. The number of aryl methyl sites for hydroxylation is 1. The lowest BCUT2D eigenvalue weighted by Crippen LogP contribution is -1.86. The monoisotopic (exact) mass is 199 g/mol. The second kappa shape index (κ2) is 4.13. The molecule has 0 unspecified atom stereocenters. The predicted molar refractivity (Wildman–Crippen MR) is 61.0 cm³/mol. The molecule has 1 heterocycles. The Labute approximate surface area is 89.6 Å². The largest absolute Gasteiger partial charge is 0.495 e. The van der Waals surface area contributed by atoms with E-state index >= 15 is 0 Å². The van der Waals surface area contributed by atoms with Crippen molar-refractivity contribution >= 4 is 0 Å². The molecule has 0 spiro atoms. The highest BCUT2D eigenvalue weighted by Crippen LogP contribution is 2.22. The van der Waals surface area contributed by atoms with Gasteiger partial charge in [-0.1, -0.05) is 29.8 Å². The summed E-state index contributed by atoms with van der Waals surface area (Å²) in [7, 11) is 1.65. The van der Waals surface area contributed by atoms with E-state index in [0.717, 1.165) is 11.3 Å². The van der Waals surface area contributed by atoms with Crippen LogP contribution in [0.3, 0.4) is 0 Å². The number of aromatic nitrogens is 1. The first kappa shape index (κ1) is 9.71. The maximum Gasteiger partial charge on any atom is 0.137 e. The van der Waals surface area contributed by atoms with Gasteiger partial charge in [0.2, 0.25) is 0 Å². The summed E-state index contributed by atoms with van der Waals surface area (Å²) in [6, 6.07) is 10.3. The Morgan fingerprint density at radius 3 is 2.67 bits per heavy atom. The minimum Gasteiger partial charge on any atom is -0.495 e. The Balaban J connectivity index is 2.44. The summed E-state index contributed by atoms with van der Waals surface area (Å²) in [4.78, 5) is 4.14. The smallest absolute Gasteiger partial charge is 0.137 e. The number of nitrogens with zero attached hydrogens (tertiary/aromatic N) is 1. The van der Waals surface area contributed by atoms with Gasteiger partial charge in [-0.05, 0) is 18.6 Å². The quantitative estimate of drug-likeness (QED) is 0.741.